The lowest BCUT2D eigenvalue weighted by Crippen LogP contribution is -2.47. The summed E-state index contributed by atoms with van der Waals surface area (Å²) in [6, 6.07) is 0.285. The van der Waals surface area contributed by atoms with Gasteiger partial charge in [-0.25, -0.2) is 4.79 Å². The van der Waals surface area contributed by atoms with Gasteiger partial charge in [0.2, 0.25) is 0 Å². The van der Waals surface area contributed by atoms with Gasteiger partial charge in [0.1, 0.15) is 5.60 Å². The number of carbonyl (C=O) groups excluding carboxylic acids is 1. The molecule has 1 amide bonds. The molecule has 2 N–H and O–H groups in total. The third-order valence-corrected chi connectivity index (χ3v) is 3.87. The van der Waals surface area contributed by atoms with Gasteiger partial charge in [0.25, 0.3) is 0 Å². The monoisotopic (exact) mass is 240 g/mol. The fourth-order valence-electron chi connectivity index (χ4n) is 3.09. The van der Waals surface area contributed by atoms with E-state index in [0.29, 0.717) is 0 Å². The van der Waals surface area contributed by atoms with E-state index in [1.807, 2.05) is 20.8 Å². The van der Waals surface area contributed by atoms with Crippen molar-refractivity contribution in [2.45, 2.75) is 58.1 Å². The van der Waals surface area contributed by atoms with Crippen LogP contribution >= 0.6 is 0 Å². The SMILES string of the molecule is CC(C)(C)OC(=O)N[C@H]1CCC[C@]12CCNC2. The lowest BCUT2D eigenvalue weighted by atomic mass is 9.82. The Bertz CT molecular complexity index is 285. The van der Waals surface area contributed by atoms with Crippen LogP contribution in [0.1, 0.15) is 46.5 Å². The average molecular weight is 240 g/mol. The zero-order valence-electron chi connectivity index (χ0n) is 11.1. The molecule has 1 aliphatic carbocycles. The average Bonchev–Trinajstić information content (AvgIpc) is 2.76. The van der Waals surface area contributed by atoms with Gasteiger partial charge in [-0.2, -0.15) is 0 Å². The second-order valence-electron chi connectivity index (χ2n) is 6.38. The lowest BCUT2D eigenvalue weighted by molar-refractivity contribution is 0.0467. The second-order valence-corrected chi connectivity index (χ2v) is 6.38. The van der Waals surface area contributed by atoms with Crippen LogP contribution in [0.4, 0.5) is 4.79 Å². The van der Waals surface area contributed by atoms with Crippen LogP contribution in [0.25, 0.3) is 0 Å². The topological polar surface area (TPSA) is 50.4 Å². The Morgan fingerprint density at radius 1 is 1.41 bits per heavy atom. The molecular formula is C13H24N2O2. The zero-order valence-corrected chi connectivity index (χ0v) is 11.1. The molecule has 1 spiro atoms. The molecule has 2 aliphatic rings. The van der Waals surface area contributed by atoms with E-state index in [1.54, 1.807) is 0 Å². The van der Waals surface area contributed by atoms with Crippen molar-refractivity contribution in [3.05, 3.63) is 0 Å². The Morgan fingerprint density at radius 2 is 2.18 bits per heavy atom. The Hall–Kier alpha value is -0.770. The molecule has 4 heteroatoms. The van der Waals surface area contributed by atoms with Gasteiger partial charge in [0, 0.05) is 18.0 Å². The Labute approximate surface area is 103 Å². The fourth-order valence-corrected chi connectivity index (χ4v) is 3.09. The summed E-state index contributed by atoms with van der Waals surface area (Å²) in [6.45, 7) is 7.80. The summed E-state index contributed by atoms with van der Waals surface area (Å²) in [7, 11) is 0. The smallest absolute Gasteiger partial charge is 0.407 e. The molecule has 0 aromatic carbocycles. The van der Waals surface area contributed by atoms with Crippen molar-refractivity contribution < 1.29 is 9.53 Å². The van der Waals surface area contributed by atoms with Gasteiger partial charge in [-0.1, -0.05) is 6.42 Å². The summed E-state index contributed by atoms with van der Waals surface area (Å²) >= 11 is 0. The maximum Gasteiger partial charge on any atom is 0.407 e. The number of ether oxygens (including phenoxy) is 1. The van der Waals surface area contributed by atoms with Crippen molar-refractivity contribution >= 4 is 6.09 Å². The molecule has 0 bridgehead atoms. The van der Waals surface area contributed by atoms with Crippen molar-refractivity contribution in [2.75, 3.05) is 13.1 Å². The third kappa shape index (κ3) is 2.92. The number of rotatable bonds is 1. The molecule has 1 heterocycles. The summed E-state index contributed by atoms with van der Waals surface area (Å²) in [5.41, 5.74) is -0.124. The molecule has 0 radical (unpaired) electrons. The standard InChI is InChI=1S/C13H24N2O2/c1-12(2,3)17-11(16)15-10-5-4-6-13(10)7-8-14-9-13/h10,14H,4-9H2,1-3H3,(H,15,16)/t10-,13+/m0/s1. The third-order valence-electron chi connectivity index (χ3n) is 3.87. The number of nitrogens with one attached hydrogen (secondary N) is 2. The molecule has 2 rings (SSSR count). The Kier molecular flexibility index (Phi) is 3.34. The first-order chi connectivity index (χ1) is 7.91. The molecule has 1 aliphatic heterocycles. The van der Waals surface area contributed by atoms with Crippen molar-refractivity contribution in [1.29, 1.82) is 0 Å². The number of hydrogen-bond donors (Lipinski definition) is 2. The van der Waals surface area contributed by atoms with Gasteiger partial charge in [0.05, 0.1) is 0 Å². The van der Waals surface area contributed by atoms with Crippen molar-refractivity contribution in [3.63, 3.8) is 0 Å². The molecule has 17 heavy (non-hydrogen) atoms. The molecule has 0 aromatic rings. The van der Waals surface area contributed by atoms with Gasteiger partial charge < -0.3 is 15.4 Å². The number of carbonyl (C=O) groups is 1. The minimum absolute atomic E-state index is 0.268. The summed E-state index contributed by atoms with van der Waals surface area (Å²) in [5, 5.41) is 6.48. The van der Waals surface area contributed by atoms with Gasteiger partial charge in [-0.05, 0) is 46.6 Å². The minimum atomic E-state index is -0.413. The highest BCUT2D eigenvalue weighted by atomic mass is 16.6. The van der Waals surface area contributed by atoms with Crippen LogP contribution in [0.5, 0.6) is 0 Å². The maximum atomic E-state index is 11.8. The second kappa shape index (κ2) is 4.48. The normalized spacial score (nSPS) is 33.0. The highest BCUT2D eigenvalue weighted by Gasteiger charge is 2.45. The van der Waals surface area contributed by atoms with E-state index in [2.05, 4.69) is 10.6 Å². The van der Waals surface area contributed by atoms with E-state index in [9.17, 15) is 4.79 Å². The first kappa shape index (κ1) is 12.7. The predicted octanol–water partition coefficient (Wildman–Crippen LogP) is 2.04. The number of amides is 1. The van der Waals surface area contributed by atoms with Crippen LogP contribution < -0.4 is 10.6 Å². The molecule has 0 unspecified atom stereocenters. The molecule has 98 valence electrons. The largest absolute Gasteiger partial charge is 0.444 e. The predicted molar refractivity (Wildman–Crippen MR) is 66.9 cm³/mol. The van der Waals surface area contributed by atoms with Gasteiger partial charge >= 0.3 is 6.09 Å². The quantitative estimate of drug-likeness (QED) is 0.737. The van der Waals surface area contributed by atoms with E-state index in [4.69, 9.17) is 4.74 Å². The molecular weight excluding hydrogens is 216 g/mol. The van der Waals surface area contributed by atoms with Crippen LogP contribution in [0.3, 0.4) is 0 Å². The van der Waals surface area contributed by atoms with Gasteiger partial charge in [-0.15, -0.1) is 0 Å². The van der Waals surface area contributed by atoms with Crippen LogP contribution in [0.2, 0.25) is 0 Å². The first-order valence-corrected chi connectivity index (χ1v) is 6.62. The highest BCUT2D eigenvalue weighted by molar-refractivity contribution is 5.68. The van der Waals surface area contributed by atoms with Crippen LogP contribution in [0.15, 0.2) is 0 Å². The molecule has 1 saturated heterocycles. The van der Waals surface area contributed by atoms with Crippen molar-refractivity contribution in [2.24, 2.45) is 5.41 Å². The van der Waals surface area contributed by atoms with Crippen LogP contribution in [-0.4, -0.2) is 30.8 Å². The van der Waals surface area contributed by atoms with E-state index in [0.717, 1.165) is 19.5 Å². The van der Waals surface area contributed by atoms with Crippen molar-refractivity contribution in [1.82, 2.24) is 10.6 Å². The summed E-state index contributed by atoms with van der Waals surface area (Å²) in [4.78, 5) is 11.8. The number of hydrogen-bond acceptors (Lipinski definition) is 3. The van der Waals surface area contributed by atoms with E-state index in [-0.39, 0.29) is 17.6 Å². The molecule has 2 atom stereocenters. The molecule has 0 aromatic heterocycles. The van der Waals surface area contributed by atoms with E-state index >= 15 is 0 Å². The van der Waals surface area contributed by atoms with Gasteiger partial charge in [0.15, 0.2) is 0 Å². The first-order valence-electron chi connectivity index (χ1n) is 6.62. The maximum absolute atomic E-state index is 11.8. The summed E-state index contributed by atoms with van der Waals surface area (Å²) in [5.74, 6) is 0. The van der Waals surface area contributed by atoms with Crippen LogP contribution in [-0.2, 0) is 4.74 Å². The fraction of sp³-hybridized carbons (Fsp3) is 0.923. The Balaban J connectivity index is 1.92. The lowest BCUT2D eigenvalue weighted by Gasteiger charge is -2.31. The molecule has 2 fully saturated rings. The Morgan fingerprint density at radius 3 is 2.76 bits per heavy atom. The van der Waals surface area contributed by atoms with Gasteiger partial charge in [-0.3, -0.25) is 0 Å². The summed E-state index contributed by atoms with van der Waals surface area (Å²) in [6.07, 6.45) is 4.42. The highest BCUT2D eigenvalue weighted by Crippen LogP contribution is 2.42. The van der Waals surface area contributed by atoms with E-state index in [1.165, 1.54) is 19.3 Å². The summed E-state index contributed by atoms with van der Waals surface area (Å²) < 4.78 is 5.33. The van der Waals surface area contributed by atoms with Crippen molar-refractivity contribution in [3.8, 4) is 0 Å². The van der Waals surface area contributed by atoms with Crippen LogP contribution in [0, 0.1) is 5.41 Å². The van der Waals surface area contributed by atoms with E-state index < -0.39 is 5.60 Å². The zero-order chi connectivity index (χ0) is 12.5. The number of alkyl carbamates (subject to hydrolysis) is 1. The molecule has 1 saturated carbocycles. The molecule has 4 nitrogen and oxygen atoms in total. The minimum Gasteiger partial charge on any atom is -0.444 e.